The third kappa shape index (κ3) is 4.45. The van der Waals surface area contributed by atoms with Crippen molar-refractivity contribution in [2.45, 2.75) is 19.2 Å². The van der Waals surface area contributed by atoms with Gasteiger partial charge in [0.1, 0.15) is 0 Å². The molecule has 102 valence electrons. The van der Waals surface area contributed by atoms with E-state index in [-0.39, 0.29) is 0 Å². The average molecular weight is 335 g/mol. The van der Waals surface area contributed by atoms with Crippen molar-refractivity contribution in [3.8, 4) is 0 Å². The average Bonchev–Trinajstić information content (AvgIpc) is 2.33. The van der Waals surface area contributed by atoms with Crippen LogP contribution in [-0.4, -0.2) is 26.8 Å². The lowest BCUT2D eigenvalue weighted by molar-refractivity contribution is 0.204. The number of anilines is 1. The van der Waals surface area contributed by atoms with E-state index in [1.54, 1.807) is 7.11 Å². The highest BCUT2D eigenvalue weighted by Gasteiger charge is 2.14. The molecule has 0 bridgehead atoms. The van der Waals surface area contributed by atoms with Crippen molar-refractivity contribution < 1.29 is 4.74 Å². The predicted molar refractivity (Wildman–Crippen MR) is 83.0 cm³/mol. The second-order valence-electron chi connectivity index (χ2n) is 4.70. The Kier molecular flexibility index (Phi) is 7.05. The van der Waals surface area contributed by atoms with Gasteiger partial charge in [0, 0.05) is 41.8 Å². The Morgan fingerprint density at radius 2 is 2.11 bits per heavy atom. The number of rotatable bonds is 7. The molecule has 0 N–H and O–H groups in total. The number of ether oxygens (including phenoxy) is 1. The van der Waals surface area contributed by atoms with E-state index in [0.717, 1.165) is 35.6 Å². The molecule has 2 nitrogen and oxygen atoms in total. The molecule has 0 aliphatic rings. The Hall–Kier alpha value is -0.250. The molecular weight excluding hydrogens is 314 g/mol. The van der Waals surface area contributed by atoms with Crippen LogP contribution >= 0.6 is 27.5 Å². The summed E-state index contributed by atoms with van der Waals surface area (Å²) < 4.78 is 5.19. The summed E-state index contributed by atoms with van der Waals surface area (Å²) in [7, 11) is 1.73. The number of alkyl halides is 1. The summed E-state index contributed by atoms with van der Waals surface area (Å²) in [6.07, 6.45) is 0. The number of hydrogen-bond acceptors (Lipinski definition) is 2. The first-order chi connectivity index (χ1) is 8.60. The van der Waals surface area contributed by atoms with Gasteiger partial charge in [-0.2, -0.15) is 0 Å². The molecule has 0 heterocycles. The zero-order valence-electron chi connectivity index (χ0n) is 11.2. The van der Waals surface area contributed by atoms with Gasteiger partial charge in [-0.05, 0) is 18.1 Å². The maximum absolute atomic E-state index is 6.26. The largest absolute Gasteiger partial charge is 0.383 e. The van der Waals surface area contributed by atoms with Crippen LogP contribution in [0.1, 0.15) is 19.4 Å². The molecular formula is C14H21BrClNO. The highest BCUT2D eigenvalue weighted by Crippen LogP contribution is 2.30. The van der Waals surface area contributed by atoms with Gasteiger partial charge in [0.25, 0.3) is 0 Å². The minimum absolute atomic E-state index is 0.601. The molecule has 0 spiro atoms. The summed E-state index contributed by atoms with van der Waals surface area (Å²) >= 11 is 9.78. The summed E-state index contributed by atoms with van der Waals surface area (Å²) in [5.74, 6) is 0.601. The number of nitrogens with zero attached hydrogens (tertiary/aromatic N) is 1. The molecule has 0 fully saturated rings. The van der Waals surface area contributed by atoms with E-state index in [9.17, 15) is 0 Å². The monoisotopic (exact) mass is 333 g/mol. The first-order valence-corrected chi connectivity index (χ1v) is 7.67. The smallest absolute Gasteiger partial charge is 0.0637 e. The van der Waals surface area contributed by atoms with Crippen molar-refractivity contribution in [2.24, 2.45) is 5.92 Å². The highest BCUT2D eigenvalue weighted by atomic mass is 79.9. The second-order valence-corrected chi connectivity index (χ2v) is 5.67. The molecule has 1 rings (SSSR count). The van der Waals surface area contributed by atoms with Crippen LogP contribution in [0.15, 0.2) is 18.2 Å². The van der Waals surface area contributed by atoms with E-state index in [2.05, 4.69) is 40.7 Å². The Morgan fingerprint density at radius 1 is 1.39 bits per heavy atom. The molecule has 0 aliphatic carbocycles. The van der Waals surface area contributed by atoms with Gasteiger partial charge < -0.3 is 9.64 Å². The molecule has 0 unspecified atom stereocenters. The SMILES string of the molecule is COCCN(CC(C)C)c1cccc(Cl)c1CBr. The third-order valence-electron chi connectivity index (χ3n) is 2.72. The molecule has 0 saturated carbocycles. The van der Waals surface area contributed by atoms with Crippen molar-refractivity contribution in [1.82, 2.24) is 0 Å². The lowest BCUT2D eigenvalue weighted by Gasteiger charge is -2.28. The maximum atomic E-state index is 6.26. The van der Waals surface area contributed by atoms with Crippen molar-refractivity contribution in [3.05, 3.63) is 28.8 Å². The first kappa shape index (κ1) is 15.8. The van der Waals surface area contributed by atoms with Crippen LogP contribution in [0.25, 0.3) is 0 Å². The van der Waals surface area contributed by atoms with E-state index < -0.39 is 0 Å². The van der Waals surface area contributed by atoms with Crippen LogP contribution < -0.4 is 4.90 Å². The zero-order valence-corrected chi connectivity index (χ0v) is 13.6. The standard InChI is InChI=1S/C14H21BrClNO/c1-11(2)10-17(7-8-18-3)14-6-4-5-13(16)12(14)9-15/h4-6,11H,7-10H2,1-3H3. The van der Waals surface area contributed by atoms with Crippen LogP contribution in [0.3, 0.4) is 0 Å². The van der Waals surface area contributed by atoms with Crippen molar-refractivity contribution in [2.75, 3.05) is 31.7 Å². The number of halogens is 2. The molecule has 4 heteroatoms. The Labute approximate surface area is 123 Å². The molecule has 0 aliphatic heterocycles. The third-order valence-corrected chi connectivity index (χ3v) is 3.63. The highest BCUT2D eigenvalue weighted by molar-refractivity contribution is 9.08. The molecule has 0 radical (unpaired) electrons. The van der Waals surface area contributed by atoms with Crippen LogP contribution in [-0.2, 0) is 10.1 Å². The summed E-state index contributed by atoms with van der Waals surface area (Å²) in [4.78, 5) is 2.34. The van der Waals surface area contributed by atoms with Crippen molar-refractivity contribution >= 4 is 33.2 Å². The fourth-order valence-electron chi connectivity index (χ4n) is 1.93. The normalized spacial score (nSPS) is 11.0. The maximum Gasteiger partial charge on any atom is 0.0637 e. The van der Waals surface area contributed by atoms with Crippen molar-refractivity contribution in [3.63, 3.8) is 0 Å². The summed E-state index contributed by atoms with van der Waals surface area (Å²) in [6, 6.07) is 6.07. The van der Waals surface area contributed by atoms with Crippen LogP contribution in [0.5, 0.6) is 0 Å². The van der Waals surface area contributed by atoms with Crippen LogP contribution in [0.2, 0.25) is 5.02 Å². The molecule has 1 aromatic carbocycles. The number of methoxy groups -OCH3 is 1. The quantitative estimate of drug-likeness (QED) is 0.688. The van der Waals surface area contributed by atoms with E-state index in [4.69, 9.17) is 16.3 Å². The van der Waals surface area contributed by atoms with Gasteiger partial charge in [-0.1, -0.05) is 47.4 Å². The summed E-state index contributed by atoms with van der Waals surface area (Å²) in [6.45, 7) is 7.05. The van der Waals surface area contributed by atoms with E-state index in [0.29, 0.717) is 5.92 Å². The molecule has 0 aromatic heterocycles. The summed E-state index contributed by atoms with van der Waals surface area (Å²) in [5.41, 5.74) is 2.35. The van der Waals surface area contributed by atoms with Crippen LogP contribution in [0.4, 0.5) is 5.69 Å². The molecule has 0 amide bonds. The Morgan fingerprint density at radius 3 is 2.67 bits per heavy atom. The fraction of sp³-hybridized carbons (Fsp3) is 0.571. The van der Waals surface area contributed by atoms with Gasteiger partial charge >= 0.3 is 0 Å². The minimum atomic E-state index is 0.601. The predicted octanol–water partition coefficient (Wildman–Crippen LogP) is 4.34. The van der Waals surface area contributed by atoms with Gasteiger partial charge in [0.05, 0.1) is 6.61 Å². The Balaban J connectivity index is 2.99. The summed E-state index contributed by atoms with van der Waals surface area (Å²) in [5, 5.41) is 1.58. The van der Waals surface area contributed by atoms with Gasteiger partial charge in [-0.15, -0.1) is 0 Å². The molecule has 18 heavy (non-hydrogen) atoms. The van der Waals surface area contributed by atoms with Gasteiger partial charge in [0.15, 0.2) is 0 Å². The lowest BCUT2D eigenvalue weighted by Crippen LogP contribution is -2.31. The van der Waals surface area contributed by atoms with Crippen LogP contribution in [0, 0.1) is 5.92 Å². The lowest BCUT2D eigenvalue weighted by atomic mass is 10.1. The number of benzene rings is 1. The van der Waals surface area contributed by atoms with E-state index >= 15 is 0 Å². The number of hydrogen-bond donors (Lipinski definition) is 0. The topological polar surface area (TPSA) is 12.5 Å². The minimum Gasteiger partial charge on any atom is -0.383 e. The van der Waals surface area contributed by atoms with Gasteiger partial charge in [-0.3, -0.25) is 0 Å². The van der Waals surface area contributed by atoms with E-state index in [1.807, 2.05) is 12.1 Å². The van der Waals surface area contributed by atoms with Gasteiger partial charge in [0.2, 0.25) is 0 Å². The Bertz CT molecular complexity index is 371. The molecule has 1 aromatic rings. The van der Waals surface area contributed by atoms with Crippen molar-refractivity contribution in [1.29, 1.82) is 0 Å². The second kappa shape index (κ2) is 8.03. The zero-order chi connectivity index (χ0) is 13.5. The molecule has 0 atom stereocenters. The first-order valence-electron chi connectivity index (χ1n) is 6.17. The molecule has 0 saturated heterocycles. The van der Waals surface area contributed by atoms with Gasteiger partial charge in [-0.25, -0.2) is 0 Å². The fourth-order valence-corrected chi connectivity index (χ4v) is 2.92. The van der Waals surface area contributed by atoms with E-state index in [1.165, 1.54) is 5.69 Å².